The molecule has 37 heavy (non-hydrogen) atoms. The van der Waals surface area contributed by atoms with Crippen LogP contribution >= 0.6 is 0 Å². The molecule has 0 spiro atoms. The number of sulfonamides is 1. The molecule has 0 aromatic heterocycles. The quantitative estimate of drug-likeness (QED) is 0.370. The summed E-state index contributed by atoms with van der Waals surface area (Å²) in [5.41, 5.74) is 1.50. The van der Waals surface area contributed by atoms with E-state index in [0.29, 0.717) is 5.75 Å². The Morgan fingerprint density at radius 2 is 1.70 bits per heavy atom. The molecule has 3 aromatic rings. The molecule has 0 bridgehead atoms. The second-order valence-electron chi connectivity index (χ2n) is 7.95. The average Bonchev–Trinajstić information content (AvgIpc) is 2.90. The average molecular weight is 524 g/mol. The summed E-state index contributed by atoms with van der Waals surface area (Å²) in [7, 11) is -1.31. The number of anilines is 2. The van der Waals surface area contributed by atoms with E-state index in [0.717, 1.165) is 9.87 Å². The van der Waals surface area contributed by atoms with Crippen LogP contribution in [0.4, 0.5) is 11.4 Å². The van der Waals surface area contributed by atoms with Crippen molar-refractivity contribution in [3.05, 3.63) is 90.5 Å². The van der Waals surface area contributed by atoms with Crippen LogP contribution in [-0.2, 0) is 14.8 Å². The summed E-state index contributed by atoms with van der Waals surface area (Å²) in [4.78, 5) is 25.7. The molecule has 3 rings (SSSR count). The highest BCUT2D eigenvalue weighted by Gasteiger charge is 2.30. The minimum atomic E-state index is -4.19. The van der Waals surface area contributed by atoms with Gasteiger partial charge in [-0.1, -0.05) is 35.9 Å². The Labute approximate surface area is 216 Å². The molecule has 0 radical (unpaired) electrons. The first-order valence-electron chi connectivity index (χ1n) is 11.3. The molecular weight excluding hydrogens is 494 g/mol. The second-order valence-corrected chi connectivity index (χ2v) is 9.82. The third-order valence-electron chi connectivity index (χ3n) is 5.40. The molecule has 0 heterocycles. The number of benzene rings is 3. The summed E-state index contributed by atoms with van der Waals surface area (Å²) in [5, 5.41) is 5.33. The number of aryl methyl sites for hydroxylation is 1. The highest BCUT2D eigenvalue weighted by atomic mass is 32.2. The molecule has 0 unspecified atom stereocenters. The SMILES string of the molecule is C=CCNC(=O)c1ccccc1NC(=O)CN(c1ccc(OC)cc1OC)S(=O)(=O)c1ccc(C)cc1. The number of amides is 2. The van der Waals surface area contributed by atoms with Crippen LogP contribution in [0, 0.1) is 6.92 Å². The molecule has 3 aromatic carbocycles. The molecule has 2 N–H and O–H groups in total. The maximum Gasteiger partial charge on any atom is 0.264 e. The highest BCUT2D eigenvalue weighted by molar-refractivity contribution is 7.92. The molecule has 0 aliphatic carbocycles. The molecule has 0 aliphatic heterocycles. The standard InChI is InChI=1S/C27H29N3O6S/c1-5-16-28-27(32)22-8-6-7-9-23(22)29-26(31)18-30(24-15-12-20(35-3)17-25(24)36-4)37(33,34)21-13-10-19(2)11-14-21/h5-15,17H,1,16,18H2,2-4H3,(H,28,32)(H,29,31). The van der Waals surface area contributed by atoms with E-state index in [4.69, 9.17) is 9.47 Å². The molecule has 0 fully saturated rings. The lowest BCUT2D eigenvalue weighted by Crippen LogP contribution is -2.38. The first-order chi connectivity index (χ1) is 17.7. The van der Waals surface area contributed by atoms with Crippen LogP contribution < -0.4 is 24.4 Å². The van der Waals surface area contributed by atoms with Crippen molar-refractivity contribution in [2.75, 3.05) is 36.9 Å². The number of nitrogens with zero attached hydrogens (tertiary/aromatic N) is 1. The van der Waals surface area contributed by atoms with Crippen LogP contribution in [-0.4, -0.2) is 47.5 Å². The number of ether oxygens (including phenoxy) is 2. The van der Waals surface area contributed by atoms with Crippen molar-refractivity contribution >= 4 is 33.2 Å². The fourth-order valence-electron chi connectivity index (χ4n) is 3.50. The lowest BCUT2D eigenvalue weighted by molar-refractivity contribution is -0.114. The predicted octanol–water partition coefficient (Wildman–Crippen LogP) is 3.76. The molecular formula is C27H29N3O6S. The Morgan fingerprint density at radius 3 is 2.35 bits per heavy atom. The number of hydrogen-bond acceptors (Lipinski definition) is 6. The number of carbonyl (C=O) groups is 2. The predicted molar refractivity (Wildman–Crippen MR) is 143 cm³/mol. The van der Waals surface area contributed by atoms with Crippen molar-refractivity contribution in [3.8, 4) is 11.5 Å². The van der Waals surface area contributed by atoms with Crippen molar-refractivity contribution in [2.24, 2.45) is 0 Å². The van der Waals surface area contributed by atoms with Crippen LogP contribution in [0.25, 0.3) is 0 Å². The van der Waals surface area contributed by atoms with Crippen LogP contribution in [0.2, 0.25) is 0 Å². The van der Waals surface area contributed by atoms with Gasteiger partial charge in [-0.3, -0.25) is 13.9 Å². The van der Waals surface area contributed by atoms with E-state index >= 15 is 0 Å². The Kier molecular flexibility index (Phi) is 8.91. The van der Waals surface area contributed by atoms with E-state index in [1.807, 2.05) is 6.92 Å². The zero-order chi connectivity index (χ0) is 27.0. The maximum absolute atomic E-state index is 13.7. The summed E-state index contributed by atoms with van der Waals surface area (Å²) in [6.07, 6.45) is 1.54. The van der Waals surface area contributed by atoms with E-state index in [1.165, 1.54) is 44.6 Å². The lowest BCUT2D eigenvalue weighted by Gasteiger charge is -2.26. The molecule has 0 saturated carbocycles. The fourth-order valence-corrected chi connectivity index (χ4v) is 4.93. The van der Waals surface area contributed by atoms with Crippen LogP contribution in [0.1, 0.15) is 15.9 Å². The first-order valence-corrected chi connectivity index (χ1v) is 12.7. The van der Waals surface area contributed by atoms with Crippen LogP contribution in [0.15, 0.2) is 84.3 Å². The van der Waals surface area contributed by atoms with E-state index in [-0.39, 0.29) is 34.1 Å². The van der Waals surface area contributed by atoms with E-state index in [9.17, 15) is 18.0 Å². The van der Waals surface area contributed by atoms with Crippen LogP contribution in [0.5, 0.6) is 11.5 Å². The third-order valence-corrected chi connectivity index (χ3v) is 7.18. The number of rotatable bonds is 11. The van der Waals surface area contributed by atoms with Gasteiger partial charge in [-0.2, -0.15) is 0 Å². The third kappa shape index (κ3) is 6.47. The summed E-state index contributed by atoms with van der Waals surface area (Å²) < 4.78 is 39.1. The first kappa shape index (κ1) is 27.3. The largest absolute Gasteiger partial charge is 0.497 e. The van der Waals surface area contributed by atoms with E-state index in [1.54, 1.807) is 42.5 Å². The number of methoxy groups -OCH3 is 2. The van der Waals surface area contributed by atoms with E-state index < -0.39 is 28.4 Å². The normalized spacial score (nSPS) is 10.8. The number of nitrogens with one attached hydrogen (secondary N) is 2. The van der Waals surface area contributed by atoms with Gasteiger partial charge < -0.3 is 20.1 Å². The molecule has 0 aliphatic rings. The van der Waals surface area contributed by atoms with Crippen molar-refractivity contribution < 1.29 is 27.5 Å². The van der Waals surface area contributed by atoms with Crippen molar-refractivity contribution in [1.82, 2.24) is 5.32 Å². The maximum atomic E-state index is 13.7. The van der Waals surface area contributed by atoms with Crippen molar-refractivity contribution in [3.63, 3.8) is 0 Å². The van der Waals surface area contributed by atoms with Gasteiger partial charge in [0.2, 0.25) is 5.91 Å². The number of carbonyl (C=O) groups excluding carboxylic acids is 2. The summed E-state index contributed by atoms with van der Waals surface area (Å²) in [6, 6.07) is 17.4. The minimum absolute atomic E-state index is 0.00738. The Hall–Kier alpha value is -4.31. The highest BCUT2D eigenvalue weighted by Crippen LogP contribution is 2.35. The van der Waals surface area contributed by atoms with Gasteiger partial charge in [0.15, 0.2) is 0 Å². The smallest absolute Gasteiger partial charge is 0.264 e. The Morgan fingerprint density at radius 1 is 1.00 bits per heavy atom. The van der Waals surface area contributed by atoms with Gasteiger partial charge in [0.25, 0.3) is 15.9 Å². The summed E-state index contributed by atoms with van der Waals surface area (Å²) >= 11 is 0. The monoisotopic (exact) mass is 523 g/mol. The van der Waals surface area contributed by atoms with Gasteiger partial charge in [0.05, 0.1) is 36.1 Å². The molecule has 0 atom stereocenters. The fraction of sp³-hybridized carbons (Fsp3) is 0.185. The van der Waals surface area contributed by atoms with E-state index in [2.05, 4.69) is 17.2 Å². The summed E-state index contributed by atoms with van der Waals surface area (Å²) in [6.45, 7) is 5.08. The van der Waals surface area contributed by atoms with Crippen LogP contribution in [0.3, 0.4) is 0 Å². The zero-order valence-corrected chi connectivity index (χ0v) is 21.7. The number of hydrogen-bond donors (Lipinski definition) is 2. The Balaban J connectivity index is 2.00. The van der Waals surface area contributed by atoms with Gasteiger partial charge >= 0.3 is 0 Å². The summed E-state index contributed by atoms with van der Waals surface area (Å²) in [5.74, 6) is -0.404. The second kappa shape index (κ2) is 12.1. The molecule has 9 nitrogen and oxygen atoms in total. The molecule has 10 heteroatoms. The Bertz CT molecular complexity index is 1390. The zero-order valence-electron chi connectivity index (χ0n) is 20.9. The molecule has 0 saturated heterocycles. The van der Waals surface area contributed by atoms with Gasteiger partial charge in [0, 0.05) is 12.6 Å². The molecule has 2 amide bonds. The lowest BCUT2D eigenvalue weighted by atomic mass is 10.1. The minimum Gasteiger partial charge on any atom is -0.497 e. The van der Waals surface area contributed by atoms with Gasteiger partial charge in [-0.25, -0.2) is 8.42 Å². The van der Waals surface area contributed by atoms with Gasteiger partial charge in [0.1, 0.15) is 18.0 Å². The molecule has 194 valence electrons. The topological polar surface area (TPSA) is 114 Å². The van der Waals surface area contributed by atoms with Gasteiger partial charge in [-0.15, -0.1) is 6.58 Å². The number of para-hydroxylation sites is 1. The van der Waals surface area contributed by atoms with Crippen molar-refractivity contribution in [2.45, 2.75) is 11.8 Å². The van der Waals surface area contributed by atoms with Gasteiger partial charge in [-0.05, 0) is 43.3 Å². The van der Waals surface area contributed by atoms with Crippen molar-refractivity contribution in [1.29, 1.82) is 0 Å².